The number of imidazole rings is 1. The Hall–Kier alpha value is -2.74. The van der Waals surface area contributed by atoms with E-state index in [1.54, 1.807) is 16.4 Å². The highest BCUT2D eigenvalue weighted by Gasteiger charge is 2.18. The molecule has 0 saturated carbocycles. The first kappa shape index (κ1) is 18.6. The maximum atomic E-state index is 12.6. The largest absolute Gasteiger partial charge is 0.381 e. The number of carbonyl (C=O) groups excluding carboxylic acids is 1. The van der Waals surface area contributed by atoms with Crippen LogP contribution in [0.2, 0.25) is 0 Å². The molecular formula is C17H23N5O3. The number of nitrogens with zero attached hydrogens (tertiary/aromatic N) is 4. The Morgan fingerprint density at radius 1 is 1.36 bits per heavy atom. The molecule has 0 saturated heterocycles. The lowest BCUT2D eigenvalue weighted by Crippen LogP contribution is -2.33. The molecule has 8 heteroatoms. The predicted octanol–water partition coefficient (Wildman–Crippen LogP) is 1.87. The lowest BCUT2D eigenvalue weighted by atomic mass is 10.2. The number of nitro groups is 1. The SMILES string of the molecule is Cc1nc([N+](=O)[O-])cn1CCC(=O)N(CCCN)Cc1ccccc1. The summed E-state index contributed by atoms with van der Waals surface area (Å²) in [5.74, 6) is 0.318. The summed E-state index contributed by atoms with van der Waals surface area (Å²) in [5, 5.41) is 10.8. The zero-order valence-electron chi connectivity index (χ0n) is 14.3. The van der Waals surface area contributed by atoms with E-state index >= 15 is 0 Å². The molecule has 0 unspecified atom stereocenters. The Morgan fingerprint density at radius 3 is 2.68 bits per heavy atom. The van der Waals surface area contributed by atoms with Gasteiger partial charge in [0.05, 0.1) is 0 Å². The highest BCUT2D eigenvalue weighted by atomic mass is 16.6. The molecule has 0 fully saturated rings. The summed E-state index contributed by atoms with van der Waals surface area (Å²) in [7, 11) is 0. The van der Waals surface area contributed by atoms with E-state index in [1.807, 2.05) is 30.3 Å². The van der Waals surface area contributed by atoms with Gasteiger partial charge in [-0.2, -0.15) is 0 Å². The summed E-state index contributed by atoms with van der Waals surface area (Å²) in [5.41, 5.74) is 6.63. The molecule has 2 aromatic rings. The molecule has 0 spiro atoms. The first-order valence-corrected chi connectivity index (χ1v) is 8.21. The third-order valence-corrected chi connectivity index (χ3v) is 3.92. The van der Waals surface area contributed by atoms with Gasteiger partial charge in [0.25, 0.3) is 0 Å². The number of aromatic nitrogens is 2. The van der Waals surface area contributed by atoms with E-state index in [-0.39, 0.29) is 18.1 Å². The summed E-state index contributed by atoms with van der Waals surface area (Å²) >= 11 is 0. The molecule has 1 aromatic carbocycles. The highest BCUT2D eigenvalue weighted by molar-refractivity contribution is 5.76. The van der Waals surface area contributed by atoms with Crippen LogP contribution < -0.4 is 5.73 Å². The fourth-order valence-electron chi connectivity index (χ4n) is 2.56. The molecule has 0 atom stereocenters. The van der Waals surface area contributed by atoms with Crippen LogP contribution in [0.1, 0.15) is 24.2 Å². The van der Waals surface area contributed by atoms with E-state index in [2.05, 4.69) is 4.98 Å². The first-order valence-electron chi connectivity index (χ1n) is 8.21. The van der Waals surface area contributed by atoms with Crippen molar-refractivity contribution in [1.29, 1.82) is 0 Å². The topological polar surface area (TPSA) is 107 Å². The quantitative estimate of drug-likeness (QED) is 0.551. The van der Waals surface area contributed by atoms with Gasteiger partial charge in [-0.05, 0) is 28.4 Å². The van der Waals surface area contributed by atoms with Crippen LogP contribution in [-0.2, 0) is 17.9 Å². The minimum absolute atomic E-state index is 0.00643. The van der Waals surface area contributed by atoms with Crippen LogP contribution in [0, 0.1) is 17.0 Å². The number of amides is 1. The molecule has 0 aliphatic heterocycles. The number of hydrogen-bond acceptors (Lipinski definition) is 5. The van der Waals surface area contributed by atoms with Gasteiger partial charge in [0.1, 0.15) is 6.20 Å². The molecule has 0 bridgehead atoms. The Morgan fingerprint density at radius 2 is 2.08 bits per heavy atom. The normalized spacial score (nSPS) is 10.6. The summed E-state index contributed by atoms with van der Waals surface area (Å²) < 4.78 is 1.64. The number of nitrogens with two attached hydrogens (primary N) is 1. The van der Waals surface area contributed by atoms with Crippen molar-refractivity contribution in [3.05, 3.63) is 58.0 Å². The average Bonchev–Trinajstić information content (AvgIpc) is 2.98. The second kappa shape index (κ2) is 8.93. The van der Waals surface area contributed by atoms with Crippen molar-refractivity contribution in [3.63, 3.8) is 0 Å². The molecule has 0 aliphatic rings. The van der Waals surface area contributed by atoms with Crippen LogP contribution >= 0.6 is 0 Å². The molecule has 8 nitrogen and oxygen atoms in total. The summed E-state index contributed by atoms with van der Waals surface area (Å²) in [6.45, 7) is 3.69. The maximum Gasteiger partial charge on any atom is 0.381 e. The van der Waals surface area contributed by atoms with E-state index in [0.29, 0.717) is 32.0 Å². The Balaban J connectivity index is 2.00. The van der Waals surface area contributed by atoms with Crippen molar-refractivity contribution in [1.82, 2.24) is 14.5 Å². The lowest BCUT2D eigenvalue weighted by Gasteiger charge is -2.23. The van der Waals surface area contributed by atoms with Gasteiger partial charge in [0.2, 0.25) is 11.7 Å². The fourth-order valence-corrected chi connectivity index (χ4v) is 2.56. The fraction of sp³-hybridized carbons (Fsp3) is 0.412. The molecule has 1 amide bonds. The van der Waals surface area contributed by atoms with Crippen LogP contribution in [-0.4, -0.2) is 38.4 Å². The van der Waals surface area contributed by atoms with Crippen LogP contribution in [0.3, 0.4) is 0 Å². The van der Waals surface area contributed by atoms with Gasteiger partial charge < -0.3 is 25.3 Å². The third kappa shape index (κ3) is 5.39. The molecule has 134 valence electrons. The number of hydrogen-bond donors (Lipinski definition) is 1. The standard InChI is InChI=1S/C17H23N5O3/c1-14-19-16(22(24)25)13-20(14)11-8-17(23)21(10-5-9-18)12-15-6-3-2-4-7-15/h2-4,6-7,13H,5,8-12,18H2,1H3. The summed E-state index contributed by atoms with van der Waals surface area (Å²) in [6, 6.07) is 9.77. The molecule has 2 rings (SSSR count). The molecule has 0 radical (unpaired) electrons. The molecule has 2 N–H and O–H groups in total. The van der Waals surface area contributed by atoms with E-state index in [4.69, 9.17) is 5.73 Å². The zero-order valence-corrected chi connectivity index (χ0v) is 14.3. The maximum absolute atomic E-state index is 12.6. The highest BCUT2D eigenvalue weighted by Crippen LogP contribution is 2.12. The first-order chi connectivity index (χ1) is 12.0. The molecule has 1 aromatic heterocycles. The van der Waals surface area contributed by atoms with Gasteiger partial charge in [-0.25, -0.2) is 0 Å². The smallest absolute Gasteiger partial charge is 0.358 e. The minimum Gasteiger partial charge on any atom is -0.358 e. The van der Waals surface area contributed by atoms with Crippen molar-refractivity contribution >= 4 is 11.7 Å². The van der Waals surface area contributed by atoms with E-state index in [1.165, 1.54) is 6.20 Å². The van der Waals surface area contributed by atoms with Crippen molar-refractivity contribution in [2.45, 2.75) is 32.9 Å². The molecule has 0 aliphatic carbocycles. The third-order valence-electron chi connectivity index (χ3n) is 3.92. The predicted molar refractivity (Wildman–Crippen MR) is 93.8 cm³/mol. The monoisotopic (exact) mass is 345 g/mol. The van der Waals surface area contributed by atoms with Crippen LogP contribution in [0.15, 0.2) is 36.5 Å². The van der Waals surface area contributed by atoms with E-state index in [0.717, 1.165) is 12.0 Å². The zero-order chi connectivity index (χ0) is 18.2. The van der Waals surface area contributed by atoms with Gasteiger partial charge in [0, 0.05) is 33.0 Å². The van der Waals surface area contributed by atoms with Gasteiger partial charge in [-0.3, -0.25) is 4.79 Å². The second-order valence-corrected chi connectivity index (χ2v) is 5.79. The van der Waals surface area contributed by atoms with Crippen LogP contribution in [0.25, 0.3) is 0 Å². The van der Waals surface area contributed by atoms with E-state index < -0.39 is 4.92 Å². The van der Waals surface area contributed by atoms with Crippen molar-refractivity contribution in [2.75, 3.05) is 13.1 Å². The lowest BCUT2D eigenvalue weighted by molar-refractivity contribution is -0.389. The van der Waals surface area contributed by atoms with Gasteiger partial charge in [-0.15, -0.1) is 0 Å². The van der Waals surface area contributed by atoms with Gasteiger partial charge in [0.15, 0.2) is 0 Å². The molecular weight excluding hydrogens is 322 g/mol. The summed E-state index contributed by atoms with van der Waals surface area (Å²) in [4.78, 5) is 28.5. The Labute approximate surface area is 146 Å². The number of aryl methyl sites for hydroxylation is 2. The number of benzene rings is 1. The van der Waals surface area contributed by atoms with Crippen molar-refractivity contribution in [3.8, 4) is 0 Å². The number of rotatable bonds is 9. The van der Waals surface area contributed by atoms with Gasteiger partial charge >= 0.3 is 5.82 Å². The van der Waals surface area contributed by atoms with Crippen LogP contribution in [0.4, 0.5) is 5.82 Å². The van der Waals surface area contributed by atoms with Gasteiger partial charge in [-0.1, -0.05) is 30.3 Å². The minimum atomic E-state index is -0.533. The average molecular weight is 345 g/mol. The van der Waals surface area contributed by atoms with E-state index in [9.17, 15) is 14.9 Å². The molecule has 1 heterocycles. The summed E-state index contributed by atoms with van der Waals surface area (Å²) in [6.07, 6.45) is 2.35. The molecule has 25 heavy (non-hydrogen) atoms. The van der Waals surface area contributed by atoms with Crippen molar-refractivity contribution < 1.29 is 9.72 Å². The Bertz CT molecular complexity index is 714. The number of carbonyl (C=O) groups is 1. The van der Waals surface area contributed by atoms with Crippen LogP contribution in [0.5, 0.6) is 0 Å². The Kier molecular flexibility index (Phi) is 6.64. The van der Waals surface area contributed by atoms with Crippen molar-refractivity contribution in [2.24, 2.45) is 5.73 Å². The second-order valence-electron chi connectivity index (χ2n) is 5.79.